The normalized spacial score (nSPS) is 11.0. The molecule has 0 saturated heterocycles. The highest BCUT2D eigenvalue weighted by molar-refractivity contribution is 6.01. The molecule has 1 aromatic rings. The molecule has 0 atom stereocenters. The zero-order chi connectivity index (χ0) is 16.0. The van der Waals surface area contributed by atoms with Gasteiger partial charge in [0.05, 0.1) is 13.2 Å². The Morgan fingerprint density at radius 1 is 1.33 bits per heavy atom. The van der Waals surface area contributed by atoms with E-state index in [1.54, 1.807) is 39.4 Å². The highest BCUT2D eigenvalue weighted by Gasteiger charge is 2.12. The summed E-state index contributed by atoms with van der Waals surface area (Å²) in [5.41, 5.74) is 0.772. The van der Waals surface area contributed by atoms with Gasteiger partial charge in [-0.15, -0.1) is 0 Å². The summed E-state index contributed by atoms with van der Waals surface area (Å²) in [5, 5.41) is 9.08. The summed E-state index contributed by atoms with van der Waals surface area (Å²) in [5.74, 6) is 0.855. The molecule has 1 amide bonds. The second-order valence-electron chi connectivity index (χ2n) is 4.95. The molecule has 0 aliphatic heterocycles. The van der Waals surface area contributed by atoms with Gasteiger partial charge in [-0.25, -0.2) is 0 Å². The SMILES string of the molecule is COc1cc(/C=C(/C#N)C(=O)N(C)C)ccc1OC(C)C. The predicted molar refractivity (Wildman–Crippen MR) is 81.0 cm³/mol. The third kappa shape index (κ3) is 4.53. The van der Waals surface area contributed by atoms with Gasteiger partial charge in [0.2, 0.25) is 0 Å². The van der Waals surface area contributed by atoms with Gasteiger partial charge in [-0.1, -0.05) is 6.07 Å². The Morgan fingerprint density at radius 2 is 2.00 bits per heavy atom. The summed E-state index contributed by atoms with van der Waals surface area (Å²) in [6, 6.07) is 7.19. The number of nitriles is 1. The van der Waals surface area contributed by atoms with Gasteiger partial charge in [-0.2, -0.15) is 5.26 Å². The molecule has 0 heterocycles. The Labute approximate surface area is 125 Å². The quantitative estimate of drug-likeness (QED) is 0.617. The van der Waals surface area contributed by atoms with Crippen molar-refractivity contribution >= 4 is 12.0 Å². The van der Waals surface area contributed by atoms with E-state index < -0.39 is 0 Å². The van der Waals surface area contributed by atoms with E-state index >= 15 is 0 Å². The van der Waals surface area contributed by atoms with Crippen LogP contribution in [-0.4, -0.2) is 38.1 Å². The van der Waals surface area contributed by atoms with Gasteiger partial charge in [-0.05, 0) is 37.6 Å². The van der Waals surface area contributed by atoms with E-state index in [4.69, 9.17) is 14.7 Å². The molecule has 0 bridgehead atoms. The van der Waals surface area contributed by atoms with Crippen LogP contribution in [0, 0.1) is 11.3 Å². The summed E-state index contributed by atoms with van der Waals surface area (Å²) in [6.07, 6.45) is 1.56. The lowest BCUT2D eigenvalue weighted by Gasteiger charge is -2.14. The number of methoxy groups -OCH3 is 1. The van der Waals surface area contributed by atoms with Gasteiger partial charge in [0.1, 0.15) is 11.6 Å². The van der Waals surface area contributed by atoms with Gasteiger partial charge in [0.15, 0.2) is 11.5 Å². The molecule has 1 rings (SSSR count). The molecule has 21 heavy (non-hydrogen) atoms. The molecule has 0 spiro atoms. The minimum Gasteiger partial charge on any atom is -0.493 e. The Balaban J connectivity index is 3.15. The number of nitrogens with zero attached hydrogens (tertiary/aromatic N) is 2. The molecule has 112 valence electrons. The third-order valence-electron chi connectivity index (χ3n) is 2.62. The zero-order valence-corrected chi connectivity index (χ0v) is 13.0. The van der Waals surface area contributed by atoms with E-state index in [9.17, 15) is 4.79 Å². The van der Waals surface area contributed by atoms with Crippen LogP contribution in [0.5, 0.6) is 11.5 Å². The number of carbonyl (C=O) groups excluding carboxylic acids is 1. The first-order valence-corrected chi connectivity index (χ1v) is 6.57. The Hall–Kier alpha value is -2.48. The minimum absolute atomic E-state index is 0.0327. The fourth-order valence-electron chi connectivity index (χ4n) is 1.67. The zero-order valence-electron chi connectivity index (χ0n) is 13.0. The van der Waals surface area contributed by atoms with Crippen molar-refractivity contribution in [3.05, 3.63) is 29.3 Å². The van der Waals surface area contributed by atoms with Crippen LogP contribution in [0.3, 0.4) is 0 Å². The molecule has 5 nitrogen and oxygen atoms in total. The van der Waals surface area contributed by atoms with E-state index in [1.807, 2.05) is 19.9 Å². The molecule has 5 heteroatoms. The molecule has 0 aromatic heterocycles. The lowest BCUT2D eigenvalue weighted by atomic mass is 10.1. The van der Waals surface area contributed by atoms with Crippen LogP contribution < -0.4 is 9.47 Å². The minimum atomic E-state index is -0.334. The van der Waals surface area contributed by atoms with E-state index in [2.05, 4.69) is 0 Å². The molecule has 0 aliphatic carbocycles. The van der Waals surface area contributed by atoms with Crippen LogP contribution >= 0.6 is 0 Å². The van der Waals surface area contributed by atoms with Crippen LogP contribution in [0.4, 0.5) is 0 Å². The monoisotopic (exact) mass is 288 g/mol. The molecular weight excluding hydrogens is 268 g/mol. The summed E-state index contributed by atoms with van der Waals surface area (Å²) >= 11 is 0. The van der Waals surface area contributed by atoms with Crippen molar-refractivity contribution in [3.8, 4) is 17.6 Å². The molecule has 0 saturated carbocycles. The average molecular weight is 288 g/mol. The maximum absolute atomic E-state index is 11.8. The van der Waals surface area contributed by atoms with Crippen LogP contribution in [0.15, 0.2) is 23.8 Å². The molecule has 0 N–H and O–H groups in total. The maximum Gasteiger partial charge on any atom is 0.264 e. The maximum atomic E-state index is 11.8. The second kappa shape index (κ2) is 7.34. The smallest absolute Gasteiger partial charge is 0.264 e. The van der Waals surface area contributed by atoms with Crippen molar-refractivity contribution in [1.29, 1.82) is 5.26 Å². The highest BCUT2D eigenvalue weighted by atomic mass is 16.5. The summed E-state index contributed by atoms with van der Waals surface area (Å²) in [6.45, 7) is 3.85. The molecule has 0 aliphatic rings. The second-order valence-corrected chi connectivity index (χ2v) is 4.95. The largest absolute Gasteiger partial charge is 0.493 e. The average Bonchev–Trinajstić information content (AvgIpc) is 2.44. The number of likely N-dealkylation sites (N-methyl/N-ethyl adjacent to an activating group) is 1. The number of amides is 1. The Bertz CT molecular complexity index is 584. The van der Waals surface area contributed by atoms with E-state index in [1.165, 1.54) is 11.0 Å². The van der Waals surface area contributed by atoms with Crippen molar-refractivity contribution in [1.82, 2.24) is 4.90 Å². The van der Waals surface area contributed by atoms with Crippen molar-refractivity contribution in [2.24, 2.45) is 0 Å². The fourth-order valence-corrected chi connectivity index (χ4v) is 1.67. The van der Waals surface area contributed by atoms with Crippen molar-refractivity contribution in [2.45, 2.75) is 20.0 Å². The van der Waals surface area contributed by atoms with Crippen molar-refractivity contribution in [2.75, 3.05) is 21.2 Å². The number of benzene rings is 1. The van der Waals surface area contributed by atoms with Crippen LogP contribution in [0.2, 0.25) is 0 Å². The first-order valence-electron chi connectivity index (χ1n) is 6.57. The molecular formula is C16H20N2O3. The van der Waals surface area contributed by atoms with Crippen LogP contribution in [0.25, 0.3) is 6.08 Å². The molecule has 0 unspecified atom stereocenters. The molecule has 1 aromatic carbocycles. The van der Waals surface area contributed by atoms with Gasteiger partial charge >= 0.3 is 0 Å². The fraction of sp³-hybridized carbons (Fsp3) is 0.375. The number of rotatable bonds is 5. The lowest BCUT2D eigenvalue weighted by molar-refractivity contribution is -0.124. The highest BCUT2D eigenvalue weighted by Crippen LogP contribution is 2.29. The van der Waals surface area contributed by atoms with Gasteiger partial charge in [0.25, 0.3) is 5.91 Å². The standard InChI is InChI=1S/C16H20N2O3/c1-11(2)21-14-7-6-12(9-15(14)20-5)8-13(10-17)16(19)18(3)4/h6-9,11H,1-5H3/b13-8-. The predicted octanol–water partition coefficient (Wildman–Crippen LogP) is 2.48. The van der Waals surface area contributed by atoms with Gasteiger partial charge < -0.3 is 14.4 Å². The topological polar surface area (TPSA) is 62.6 Å². The van der Waals surface area contributed by atoms with Crippen molar-refractivity contribution < 1.29 is 14.3 Å². The summed E-state index contributed by atoms with van der Waals surface area (Å²) < 4.78 is 10.9. The molecule has 0 fully saturated rings. The number of carbonyl (C=O) groups is 1. The van der Waals surface area contributed by atoms with Gasteiger partial charge in [0, 0.05) is 14.1 Å². The molecule has 0 radical (unpaired) electrons. The summed E-state index contributed by atoms with van der Waals surface area (Å²) in [4.78, 5) is 13.2. The number of ether oxygens (including phenoxy) is 2. The van der Waals surface area contributed by atoms with E-state index in [-0.39, 0.29) is 17.6 Å². The lowest BCUT2D eigenvalue weighted by Crippen LogP contribution is -2.22. The summed E-state index contributed by atoms with van der Waals surface area (Å²) in [7, 11) is 4.76. The van der Waals surface area contributed by atoms with E-state index in [0.29, 0.717) is 17.1 Å². The van der Waals surface area contributed by atoms with Crippen molar-refractivity contribution in [3.63, 3.8) is 0 Å². The van der Waals surface area contributed by atoms with Gasteiger partial charge in [-0.3, -0.25) is 4.79 Å². The Kier molecular flexibility index (Phi) is 5.79. The number of hydrogen-bond donors (Lipinski definition) is 0. The first-order chi connectivity index (χ1) is 9.88. The Morgan fingerprint density at radius 3 is 2.48 bits per heavy atom. The van der Waals surface area contributed by atoms with Crippen LogP contribution in [0.1, 0.15) is 19.4 Å². The number of hydrogen-bond acceptors (Lipinski definition) is 4. The third-order valence-corrected chi connectivity index (χ3v) is 2.62. The first kappa shape index (κ1) is 16.6. The van der Waals surface area contributed by atoms with Crippen LogP contribution in [-0.2, 0) is 4.79 Å². The van der Waals surface area contributed by atoms with E-state index in [0.717, 1.165) is 0 Å².